The Kier molecular flexibility index (Phi) is 5.99. The van der Waals surface area contributed by atoms with Gasteiger partial charge in [-0.2, -0.15) is 0 Å². The van der Waals surface area contributed by atoms with Gasteiger partial charge in [0, 0.05) is 10.0 Å². The summed E-state index contributed by atoms with van der Waals surface area (Å²) in [5, 5.41) is 10.4. The van der Waals surface area contributed by atoms with E-state index in [4.69, 9.17) is 5.84 Å². The molecule has 0 aliphatic rings. The summed E-state index contributed by atoms with van der Waals surface area (Å²) in [6.07, 6.45) is -0.777. The molecule has 0 spiro atoms. The van der Waals surface area contributed by atoms with Crippen LogP contribution in [0.2, 0.25) is 0 Å². The molecule has 1 aromatic heterocycles. The number of nitrogens with zero attached hydrogens (tertiary/aromatic N) is 3. The number of carbonyl (C=O) groups excluding carboxylic acids is 2. The van der Waals surface area contributed by atoms with Crippen LogP contribution in [0, 0.1) is 0 Å². The van der Waals surface area contributed by atoms with Crippen molar-refractivity contribution in [3.8, 4) is 11.4 Å². The fourth-order valence-electron chi connectivity index (χ4n) is 1.65. The van der Waals surface area contributed by atoms with E-state index in [1.807, 2.05) is 24.3 Å². The van der Waals surface area contributed by atoms with Gasteiger partial charge in [-0.1, -0.05) is 39.8 Å². The molecule has 0 unspecified atom stereocenters. The number of nitrogens with one attached hydrogen (secondary N) is 1. The lowest BCUT2D eigenvalue weighted by Gasteiger charge is -2.05. The normalized spacial score (nSPS) is 10.3. The second kappa shape index (κ2) is 7.97. The highest BCUT2D eigenvalue weighted by Crippen LogP contribution is 2.27. The SMILES string of the molecule is CCOC(=O)NC(=O)CSc1nnc(-c2ccccc2Br)n1N. The molecule has 3 N–H and O–H groups in total. The van der Waals surface area contributed by atoms with Crippen molar-refractivity contribution in [2.75, 3.05) is 18.2 Å². The van der Waals surface area contributed by atoms with Crippen molar-refractivity contribution in [2.45, 2.75) is 12.1 Å². The number of ether oxygens (including phenoxy) is 1. The molecule has 0 saturated carbocycles. The smallest absolute Gasteiger partial charge is 0.413 e. The van der Waals surface area contributed by atoms with Gasteiger partial charge < -0.3 is 10.6 Å². The number of nitrogens with two attached hydrogens (primary N) is 1. The average molecular weight is 400 g/mol. The zero-order chi connectivity index (χ0) is 16.8. The summed E-state index contributed by atoms with van der Waals surface area (Å²) in [7, 11) is 0. The third-order valence-corrected chi connectivity index (χ3v) is 4.26. The van der Waals surface area contributed by atoms with Crippen LogP contribution >= 0.6 is 27.7 Å². The molecule has 122 valence electrons. The lowest BCUT2D eigenvalue weighted by Crippen LogP contribution is -2.32. The first-order valence-electron chi connectivity index (χ1n) is 6.57. The highest BCUT2D eigenvalue weighted by atomic mass is 79.9. The molecular weight excluding hydrogens is 386 g/mol. The summed E-state index contributed by atoms with van der Waals surface area (Å²) in [4.78, 5) is 22.7. The standard InChI is InChI=1S/C13H14BrN5O3S/c1-2-22-13(21)16-10(20)7-23-12-18-17-11(19(12)15)8-5-3-4-6-9(8)14/h3-6H,2,7,15H2,1H3,(H,16,20,21). The number of hydrogen-bond donors (Lipinski definition) is 2. The Hall–Kier alpha value is -2.07. The highest BCUT2D eigenvalue weighted by molar-refractivity contribution is 9.10. The van der Waals surface area contributed by atoms with Crippen LogP contribution in [-0.4, -0.2) is 39.2 Å². The monoisotopic (exact) mass is 399 g/mol. The number of thioether (sulfide) groups is 1. The maximum Gasteiger partial charge on any atom is 0.413 e. The van der Waals surface area contributed by atoms with Crippen LogP contribution in [0.3, 0.4) is 0 Å². The van der Waals surface area contributed by atoms with E-state index >= 15 is 0 Å². The molecular formula is C13H14BrN5O3S. The van der Waals surface area contributed by atoms with E-state index < -0.39 is 12.0 Å². The Morgan fingerprint density at radius 2 is 2.13 bits per heavy atom. The van der Waals surface area contributed by atoms with Crippen LogP contribution < -0.4 is 11.2 Å². The van der Waals surface area contributed by atoms with Crippen LogP contribution in [0.25, 0.3) is 11.4 Å². The molecule has 0 aliphatic carbocycles. The lowest BCUT2D eigenvalue weighted by molar-refractivity contribution is -0.117. The van der Waals surface area contributed by atoms with Crippen molar-refractivity contribution in [3.05, 3.63) is 28.7 Å². The summed E-state index contributed by atoms with van der Waals surface area (Å²) in [5.74, 6) is 5.89. The fraction of sp³-hybridized carbons (Fsp3) is 0.231. The van der Waals surface area contributed by atoms with E-state index in [-0.39, 0.29) is 12.4 Å². The minimum atomic E-state index is -0.777. The van der Waals surface area contributed by atoms with Gasteiger partial charge in [0.1, 0.15) is 0 Å². The maximum atomic E-state index is 11.6. The zero-order valence-electron chi connectivity index (χ0n) is 12.2. The number of rotatable bonds is 5. The van der Waals surface area contributed by atoms with E-state index in [1.54, 1.807) is 6.92 Å². The molecule has 0 saturated heterocycles. The number of hydrogen-bond acceptors (Lipinski definition) is 7. The molecule has 1 heterocycles. The summed E-state index contributed by atoms with van der Waals surface area (Å²) in [6, 6.07) is 7.44. The van der Waals surface area contributed by atoms with Gasteiger partial charge in [0.25, 0.3) is 0 Å². The van der Waals surface area contributed by atoms with E-state index in [0.717, 1.165) is 21.8 Å². The molecule has 0 radical (unpaired) electrons. The summed E-state index contributed by atoms with van der Waals surface area (Å²) in [6.45, 7) is 1.84. The second-order valence-corrected chi connectivity index (χ2v) is 6.01. The molecule has 2 rings (SSSR count). The van der Waals surface area contributed by atoms with Crippen LogP contribution in [0.1, 0.15) is 6.92 Å². The van der Waals surface area contributed by atoms with E-state index in [2.05, 4.69) is 36.2 Å². The molecule has 23 heavy (non-hydrogen) atoms. The number of aromatic nitrogens is 3. The first-order valence-corrected chi connectivity index (χ1v) is 8.35. The molecule has 2 aromatic rings. The van der Waals surface area contributed by atoms with Gasteiger partial charge in [-0.05, 0) is 19.1 Å². The molecule has 0 bridgehead atoms. The first-order chi connectivity index (χ1) is 11.0. The summed E-state index contributed by atoms with van der Waals surface area (Å²) in [5.41, 5.74) is 0.783. The largest absolute Gasteiger partial charge is 0.450 e. The lowest BCUT2D eigenvalue weighted by atomic mass is 10.2. The van der Waals surface area contributed by atoms with Gasteiger partial charge in [0.15, 0.2) is 5.82 Å². The van der Waals surface area contributed by atoms with Gasteiger partial charge in [-0.3, -0.25) is 10.1 Å². The molecule has 10 heteroatoms. The maximum absolute atomic E-state index is 11.6. The number of halogens is 1. The van der Waals surface area contributed by atoms with Crippen molar-refractivity contribution in [1.29, 1.82) is 0 Å². The van der Waals surface area contributed by atoms with E-state index in [0.29, 0.717) is 11.0 Å². The highest BCUT2D eigenvalue weighted by Gasteiger charge is 2.16. The third kappa shape index (κ3) is 4.45. The van der Waals surface area contributed by atoms with Crippen LogP contribution in [-0.2, 0) is 9.53 Å². The van der Waals surface area contributed by atoms with Gasteiger partial charge in [-0.25, -0.2) is 9.47 Å². The van der Waals surface area contributed by atoms with Crippen LogP contribution in [0.4, 0.5) is 4.79 Å². The van der Waals surface area contributed by atoms with E-state index in [1.165, 1.54) is 4.68 Å². The predicted octanol–water partition coefficient (Wildman–Crippen LogP) is 1.79. The van der Waals surface area contributed by atoms with Crippen molar-refractivity contribution in [3.63, 3.8) is 0 Å². The molecule has 0 fully saturated rings. The van der Waals surface area contributed by atoms with Crippen molar-refractivity contribution in [1.82, 2.24) is 20.2 Å². The number of amides is 2. The Balaban J connectivity index is 2.02. The number of benzene rings is 1. The minimum Gasteiger partial charge on any atom is -0.450 e. The second-order valence-electron chi connectivity index (χ2n) is 4.21. The third-order valence-electron chi connectivity index (χ3n) is 2.63. The number of imide groups is 1. The van der Waals surface area contributed by atoms with Crippen LogP contribution in [0.5, 0.6) is 0 Å². The molecule has 2 amide bonds. The summed E-state index contributed by atoms with van der Waals surface area (Å²) < 4.78 is 6.74. The topological polar surface area (TPSA) is 112 Å². The Morgan fingerprint density at radius 1 is 1.39 bits per heavy atom. The van der Waals surface area contributed by atoms with Gasteiger partial charge >= 0.3 is 6.09 Å². The number of alkyl carbamates (subject to hydrolysis) is 1. The molecule has 0 aliphatic heterocycles. The zero-order valence-corrected chi connectivity index (χ0v) is 14.6. The van der Waals surface area contributed by atoms with Gasteiger partial charge in [0.05, 0.1) is 12.4 Å². The van der Waals surface area contributed by atoms with Crippen molar-refractivity contribution < 1.29 is 14.3 Å². The van der Waals surface area contributed by atoms with E-state index in [9.17, 15) is 9.59 Å². The number of nitrogen functional groups attached to an aromatic ring is 1. The van der Waals surface area contributed by atoms with Gasteiger partial charge in [0.2, 0.25) is 11.1 Å². The summed E-state index contributed by atoms with van der Waals surface area (Å²) >= 11 is 4.49. The van der Waals surface area contributed by atoms with Crippen molar-refractivity contribution in [2.24, 2.45) is 0 Å². The molecule has 0 atom stereocenters. The van der Waals surface area contributed by atoms with Gasteiger partial charge in [-0.15, -0.1) is 10.2 Å². The fourth-order valence-corrected chi connectivity index (χ4v) is 2.77. The quantitative estimate of drug-likeness (QED) is 0.581. The Labute approximate surface area is 144 Å². The first kappa shape index (κ1) is 17.3. The Morgan fingerprint density at radius 3 is 2.83 bits per heavy atom. The molecule has 8 nitrogen and oxygen atoms in total. The minimum absolute atomic E-state index is 0.0376. The van der Waals surface area contributed by atoms with Crippen molar-refractivity contribution >= 4 is 39.7 Å². The van der Waals surface area contributed by atoms with Crippen LogP contribution in [0.15, 0.2) is 33.9 Å². The predicted molar refractivity (Wildman–Crippen MR) is 89.2 cm³/mol. The Bertz CT molecular complexity index is 721. The molecule has 1 aromatic carbocycles. The average Bonchev–Trinajstić information content (AvgIpc) is 2.87. The number of carbonyl (C=O) groups is 2.